The van der Waals surface area contributed by atoms with Gasteiger partial charge in [-0.25, -0.2) is 8.42 Å². The van der Waals surface area contributed by atoms with Gasteiger partial charge in [-0.3, -0.25) is 4.79 Å². The van der Waals surface area contributed by atoms with E-state index in [0.29, 0.717) is 24.2 Å². The van der Waals surface area contributed by atoms with Crippen LogP contribution in [0.2, 0.25) is 0 Å². The van der Waals surface area contributed by atoms with Gasteiger partial charge in [0, 0.05) is 5.69 Å². The second-order valence-corrected chi connectivity index (χ2v) is 9.17. The molecule has 2 heterocycles. The minimum Gasteiger partial charge on any atom is -0.491 e. The SMILES string of the molecule is COc1cc2c(n(Cc3ccccc3)c1=O)C(Cc1ccccc1)S(=O)(=O)C2. The molecule has 0 aliphatic carbocycles. The minimum atomic E-state index is -3.42. The molecule has 0 radical (unpaired) electrons. The second kappa shape index (κ2) is 7.28. The van der Waals surface area contributed by atoms with Crippen LogP contribution in [0.15, 0.2) is 71.5 Å². The Kier molecular flexibility index (Phi) is 4.81. The Balaban J connectivity index is 1.88. The van der Waals surface area contributed by atoms with Gasteiger partial charge in [-0.05, 0) is 29.2 Å². The van der Waals surface area contributed by atoms with Crippen LogP contribution in [-0.2, 0) is 28.6 Å². The van der Waals surface area contributed by atoms with Crippen molar-refractivity contribution in [1.82, 2.24) is 4.57 Å². The topological polar surface area (TPSA) is 65.4 Å². The summed E-state index contributed by atoms with van der Waals surface area (Å²) in [6, 6.07) is 20.7. The molecule has 3 aromatic rings. The van der Waals surface area contributed by atoms with Crippen molar-refractivity contribution in [1.29, 1.82) is 0 Å². The highest BCUT2D eigenvalue weighted by molar-refractivity contribution is 7.91. The summed E-state index contributed by atoms with van der Waals surface area (Å²) in [7, 11) is -1.98. The number of hydrogen-bond donors (Lipinski definition) is 0. The average molecular weight is 395 g/mol. The first-order chi connectivity index (χ1) is 13.5. The summed E-state index contributed by atoms with van der Waals surface area (Å²) >= 11 is 0. The lowest BCUT2D eigenvalue weighted by Gasteiger charge is -2.18. The van der Waals surface area contributed by atoms with Crippen molar-refractivity contribution in [3.05, 3.63) is 99.5 Å². The standard InChI is InChI=1S/C22H21NO4S/c1-27-19-13-18-15-28(25,26)20(12-16-8-4-2-5-9-16)21(18)23(22(19)24)14-17-10-6-3-7-11-17/h2-11,13,20H,12,14-15H2,1H3. The van der Waals surface area contributed by atoms with Crippen LogP contribution in [0.3, 0.4) is 0 Å². The van der Waals surface area contributed by atoms with Gasteiger partial charge in [0.05, 0.1) is 19.4 Å². The highest BCUT2D eigenvalue weighted by Gasteiger charge is 2.40. The number of fused-ring (bicyclic) bond motifs is 1. The van der Waals surface area contributed by atoms with Gasteiger partial charge < -0.3 is 9.30 Å². The van der Waals surface area contributed by atoms with Gasteiger partial charge in [0.25, 0.3) is 5.56 Å². The molecule has 0 saturated carbocycles. The molecule has 1 aliphatic rings. The molecular weight excluding hydrogens is 374 g/mol. The number of nitrogens with zero attached hydrogens (tertiary/aromatic N) is 1. The molecule has 1 aliphatic heterocycles. The molecule has 2 aromatic carbocycles. The van der Waals surface area contributed by atoms with Crippen LogP contribution in [0, 0.1) is 0 Å². The number of hydrogen-bond acceptors (Lipinski definition) is 4. The molecule has 4 rings (SSSR count). The van der Waals surface area contributed by atoms with E-state index in [0.717, 1.165) is 11.1 Å². The van der Waals surface area contributed by atoms with Gasteiger partial charge in [-0.1, -0.05) is 60.7 Å². The lowest BCUT2D eigenvalue weighted by molar-refractivity contribution is 0.402. The van der Waals surface area contributed by atoms with E-state index in [1.165, 1.54) is 7.11 Å². The lowest BCUT2D eigenvalue weighted by Crippen LogP contribution is -2.27. The summed E-state index contributed by atoms with van der Waals surface area (Å²) in [5, 5.41) is -0.743. The third-order valence-electron chi connectivity index (χ3n) is 5.14. The average Bonchev–Trinajstić information content (AvgIpc) is 2.95. The molecule has 144 valence electrons. The summed E-state index contributed by atoms with van der Waals surface area (Å²) < 4.78 is 32.8. The number of methoxy groups -OCH3 is 1. The Morgan fingerprint density at radius 1 is 1.00 bits per heavy atom. The second-order valence-electron chi connectivity index (χ2n) is 6.99. The summed E-state index contributed by atoms with van der Waals surface area (Å²) in [5.41, 5.74) is 2.79. The van der Waals surface area contributed by atoms with Gasteiger partial charge in [-0.15, -0.1) is 0 Å². The zero-order valence-corrected chi connectivity index (χ0v) is 16.4. The molecule has 0 saturated heterocycles. The maximum Gasteiger partial charge on any atom is 0.293 e. The third-order valence-corrected chi connectivity index (χ3v) is 7.11. The number of benzene rings is 2. The highest BCUT2D eigenvalue weighted by atomic mass is 32.2. The minimum absolute atomic E-state index is 0.0781. The van der Waals surface area contributed by atoms with E-state index in [9.17, 15) is 13.2 Å². The Labute approximate surface area is 164 Å². The quantitative estimate of drug-likeness (QED) is 0.666. The maximum atomic E-state index is 13.0. The van der Waals surface area contributed by atoms with Gasteiger partial charge in [0.15, 0.2) is 15.6 Å². The van der Waals surface area contributed by atoms with Crippen LogP contribution in [0.1, 0.15) is 27.6 Å². The van der Waals surface area contributed by atoms with Crippen molar-refractivity contribution in [2.24, 2.45) is 0 Å². The van der Waals surface area contributed by atoms with Crippen molar-refractivity contribution in [2.45, 2.75) is 24.0 Å². The summed E-state index contributed by atoms with van der Waals surface area (Å²) in [5.74, 6) is 0.0934. The first-order valence-electron chi connectivity index (χ1n) is 9.09. The molecule has 1 aromatic heterocycles. The largest absolute Gasteiger partial charge is 0.491 e. The van der Waals surface area contributed by atoms with E-state index in [2.05, 4.69) is 0 Å². The van der Waals surface area contributed by atoms with Crippen LogP contribution in [-0.4, -0.2) is 20.1 Å². The van der Waals surface area contributed by atoms with Crippen LogP contribution < -0.4 is 10.3 Å². The molecule has 5 nitrogen and oxygen atoms in total. The van der Waals surface area contributed by atoms with Crippen molar-refractivity contribution < 1.29 is 13.2 Å². The van der Waals surface area contributed by atoms with E-state index in [1.807, 2.05) is 60.7 Å². The molecule has 0 N–H and O–H groups in total. The molecule has 0 bridgehead atoms. The Bertz CT molecular complexity index is 1150. The fraction of sp³-hybridized carbons (Fsp3) is 0.227. The summed E-state index contributed by atoms with van der Waals surface area (Å²) in [4.78, 5) is 13.0. The normalized spacial score (nSPS) is 17.2. The number of rotatable bonds is 5. The van der Waals surface area contributed by atoms with Crippen LogP contribution in [0.4, 0.5) is 0 Å². The van der Waals surface area contributed by atoms with Gasteiger partial charge in [-0.2, -0.15) is 0 Å². The maximum absolute atomic E-state index is 13.0. The number of sulfone groups is 1. The van der Waals surface area contributed by atoms with Crippen molar-refractivity contribution >= 4 is 9.84 Å². The molecule has 0 spiro atoms. The van der Waals surface area contributed by atoms with Crippen LogP contribution in [0.5, 0.6) is 5.75 Å². The molecule has 6 heteroatoms. The monoisotopic (exact) mass is 395 g/mol. The van der Waals surface area contributed by atoms with Gasteiger partial charge >= 0.3 is 0 Å². The number of aromatic nitrogens is 1. The van der Waals surface area contributed by atoms with E-state index in [-0.39, 0.29) is 17.1 Å². The molecule has 0 fully saturated rings. The van der Waals surface area contributed by atoms with E-state index >= 15 is 0 Å². The van der Waals surface area contributed by atoms with Gasteiger partial charge in [0.1, 0.15) is 5.25 Å². The zero-order chi connectivity index (χ0) is 19.7. The van der Waals surface area contributed by atoms with E-state index in [4.69, 9.17) is 4.74 Å². The zero-order valence-electron chi connectivity index (χ0n) is 15.5. The fourth-order valence-electron chi connectivity index (χ4n) is 3.81. The number of ether oxygens (including phenoxy) is 1. The predicted octanol–water partition coefficient (Wildman–Crippen LogP) is 3.12. The first-order valence-corrected chi connectivity index (χ1v) is 10.8. The Morgan fingerprint density at radius 3 is 2.21 bits per heavy atom. The molecule has 0 amide bonds. The Morgan fingerprint density at radius 2 is 1.61 bits per heavy atom. The molecule has 1 atom stereocenters. The summed E-state index contributed by atoms with van der Waals surface area (Å²) in [6.07, 6.45) is 0.344. The summed E-state index contributed by atoms with van der Waals surface area (Å²) in [6.45, 7) is 0.306. The van der Waals surface area contributed by atoms with E-state index < -0.39 is 15.1 Å². The van der Waals surface area contributed by atoms with Crippen LogP contribution in [0.25, 0.3) is 0 Å². The third kappa shape index (κ3) is 3.36. The van der Waals surface area contributed by atoms with Crippen molar-refractivity contribution in [3.8, 4) is 5.75 Å². The first kappa shape index (κ1) is 18.5. The van der Waals surface area contributed by atoms with Gasteiger partial charge in [0.2, 0.25) is 0 Å². The fourth-order valence-corrected chi connectivity index (χ4v) is 5.75. The Hall–Kier alpha value is -2.86. The van der Waals surface area contributed by atoms with Crippen molar-refractivity contribution in [2.75, 3.05) is 7.11 Å². The number of pyridine rings is 1. The van der Waals surface area contributed by atoms with E-state index in [1.54, 1.807) is 10.6 Å². The molecular formula is C22H21NO4S. The lowest BCUT2D eigenvalue weighted by atomic mass is 10.0. The highest BCUT2D eigenvalue weighted by Crippen LogP contribution is 2.39. The van der Waals surface area contributed by atoms with Crippen molar-refractivity contribution in [3.63, 3.8) is 0 Å². The molecule has 1 unspecified atom stereocenters. The van der Waals surface area contributed by atoms with Crippen LogP contribution >= 0.6 is 0 Å². The molecule has 28 heavy (non-hydrogen) atoms. The predicted molar refractivity (Wildman–Crippen MR) is 108 cm³/mol. The smallest absolute Gasteiger partial charge is 0.293 e.